The van der Waals surface area contributed by atoms with Crippen molar-refractivity contribution in [2.24, 2.45) is 10.9 Å². The fourth-order valence-electron chi connectivity index (χ4n) is 2.84. The van der Waals surface area contributed by atoms with Crippen LogP contribution in [0.1, 0.15) is 21.7 Å². The van der Waals surface area contributed by atoms with Gasteiger partial charge >= 0.3 is 12.1 Å². The molecule has 0 fully saturated rings. The molecule has 0 amide bonds. The third-order valence-corrected chi connectivity index (χ3v) is 4.62. The Morgan fingerprint density at radius 3 is 2.41 bits per heavy atom. The summed E-state index contributed by atoms with van der Waals surface area (Å²) in [5.41, 5.74) is 4.97. The van der Waals surface area contributed by atoms with E-state index in [-0.39, 0.29) is 17.2 Å². The summed E-state index contributed by atoms with van der Waals surface area (Å²) in [5, 5.41) is 7.66. The molecule has 2 heterocycles. The number of aromatic nitrogens is 3. The van der Waals surface area contributed by atoms with E-state index in [1.165, 1.54) is 24.3 Å². The van der Waals surface area contributed by atoms with Crippen LogP contribution in [0.3, 0.4) is 0 Å². The molecule has 4 aromatic rings. The molecule has 0 aliphatic carbocycles. The molecule has 0 spiro atoms. The predicted octanol–water partition coefficient (Wildman–Crippen LogP) is 4.55. The van der Waals surface area contributed by atoms with Crippen molar-refractivity contribution in [1.82, 2.24) is 14.6 Å². The molecule has 0 unspecified atom stereocenters. The Balaban J connectivity index is 1.71. The summed E-state index contributed by atoms with van der Waals surface area (Å²) >= 11 is 5.84. The summed E-state index contributed by atoms with van der Waals surface area (Å²) in [6, 6.07) is 16.5. The van der Waals surface area contributed by atoms with Gasteiger partial charge in [0.25, 0.3) is 0 Å². The molecule has 0 saturated carbocycles. The fraction of sp³-hybridized carbons (Fsp3) is 0.0476. The highest BCUT2D eigenvalue weighted by molar-refractivity contribution is 6.30. The van der Waals surface area contributed by atoms with Gasteiger partial charge in [-0.2, -0.15) is 18.3 Å². The summed E-state index contributed by atoms with van der Waals surface area (Å²) < 4.78 is 41.5. The monoisotopic (exact) mass is 459 g/mol. The summed E-state index contributed by atoms with van der Waals surface area (Å²) in [4.78, 5) is 21.3. The molecular formula is C21H13ClF3N5O2. The van der Waals surface area contributed by atoms with Gasteiger partial charge in [-0.05, 0) is 18.2 Å². The summed E-state index contributed by atoms with van der Waals surface area (Å²) in [5.74, 6) is -1.17. The summed E-state index contributed by atoms with van der Waals surface area (Å²) in [6.07, 6.45) is -4.76. The third-order valence-electron chi connectivity index (χ3n) is 4.36. The first-order valence-corrected chi connectivity index (χ1v) is 9.44. The maximum absolute atomic E-state index is 13.7. The van der Waals surface area contributed by atoms with E-state index in [4.69, 9.17) is 22.2 Å². The molecule has 2 aromatic carbocycles. The zero-order chi connectivity index (χ0) is 22.9. The van der Waals surface area contributed by atoms with E-state index in [0.717, 1.165) is 12.1 Å². The highest BCUT2D eigenvalue weighted by atomic mass is 35.5. The number of amidine groups is 1. The number of carbonyl (C=O) groups excluding carboxylic acids is 1. The molecule has 2 N–H and O–H groups in total. The molecular weight excluding hydrogens is 447 g/mol. The Bertz CT molecular complexity index is 1320. The van der Waals surface area contributed by atoms with Crippen LogP contribution in [-0.4, -0.2) is 26.4 Å². The highest BCUT2D eigenvalue weighted by Crippen LogP contribution is 2.32. The topological polar surface area (TPSA) is 94.9 Å². The lowest BCUT2D eigenvalue weighted by Gasteiger charge is -2.11. The van der Waals surface area contributed by atoms with Gasteiger partial charge in [0, 0.05) is 22.2 Å². The number of rotatable bonds is 4. The van der Waals surface area contributed by atoms with E-state index < -0.39 is 23.5 Å². The van der Waals surface area contributed by atoms with E-state index >= 15 is 0 Å². The average molecular weight is 460 g/mol. The Hall–Kier alpha value is -3.92. The number of oxime groups is 1. The average Bonchev–Trinajstić information content (AvgIpc) is 3.21. The van der Waals surface area contributed by atoms with E-state index in [0.29, 0.717) is 20.7 Å². The second-order valence-electron chi connectivity index (χ2n) is 6.55. The lowest BCUT2D eigenvalue weighted by molar-refractivity contribution is -0.142. The number of hydrogen-bond acceptors (Lipinski definition) is 5. The van der Waals surface area contributed by atoms with Crippen LogP contribution < -0.4 is 5.73 Å². The SMILES string of the molecule is N/C(=N\OC(=O)c1cc2nc(-c3ccc(Cl)cc3)cc(C(F)(F)F)n2n1)c1ccccc1. The van der Waals surface area contributed by atoms with Crippen molar-refractivity contribution in [3.8, 4) is 11.3 Å². The molecule has 2 aromatic heterocycles. The van der Waals surface area contributed by atoms with Crippen molar-refractivity contribution in [2.75, 3.05) is 0 Å². The number of carbonyl (C=O) groups is 1. The largest absolute Gasteiger partial charge is 0.433 e. The zero-order valence-corrected chi connectivity index (χ0v) is 16.8. The number of benzene rings is 2. The number of hydrogen-bond donors (Lipinski definition) is 1. The molecule has 0 bridgehead atoms. The molecule has 0 aliphatic heterocycles. The number of alkyl halides is 3. The summed E-state index contributed by atoms with van der Waals surface area (Å²) in [7, 11) is 0. The number of nitrogens with two attached hydrogens (primary N) is 1. The standard InChI is InChI=1S/C21H13ClF3N5O2/c22-14-8-6-12(7-9-14)15-10-17(21(23,24)25)30-18(27-15)11-16(28-30)20(31)32-29-19(26)13-4-2-1-3-5-13/h1-11H,(H2,26,29). The van der Waals surface area contributed by atoms with Gasteiger partial charge in [-0.3, -0.25) is 0 Å². The minimum absolute atomic E-state index is 0.0349. The van der Waals surface area contributed by atoms with Crippen molar-refractivity contribution in [3.05, 3.63) is 88.7 Å². The second kappa shape index (κ2) is 8.31. The van der Waals surface area contributed by atoms with Crippen molar-refractivity contribution in [1.29, 1.82) is 0 Å². The van der Waals surface area contributed by atoms with Gasteiger partial charge in [0.05, 0.1) is 5.69 Å². The molecule has 4 rings (SSSR count). The Morgan fingerprint density at radius 1 is 1.06 bits per heavy atom. The normalized spacial score (nSPS) is 12.2. The van der Waals surface area contributed by atoms with Crippen molar-refractivity contribution in [2.45, 2.75) is 6.18 Å². The second-order valence-corrected chi connectivity index (χ2v) is 6.99. The Kier molecular flexibility index (Phi) is 5.54. The van der Waals surface area contributed by atoms with Crippen LogP contribution in [0.4, 0.5) is 13.2 Å². The smallest absolute Gasteiger partial charge is 0.380 e. The fourth-order valence-corrected chi connectivity index (χ4v) is 2.97. The molecule has 11 heteroatoms. The number of fused-ring (bicyclic) bond motifs is 1. The van der Waals surface area contributed by atoms with Gasteiger partial charge in [0.1, 0.15) is 0 Å². The van der Waals surface area contributed by atoms with Crippen LogP contribution >= 0.6 is 11.6 Å². The molecule has 162 valence electrons. The number of nitrogens with zero attached hydrogens (tertiary/aromatic N) is 4. The first-order chi connectivity index (χ1) is 15.2. The van der Waals surface area contributed by atoms with Crippen molar-refractivity contribution >= 4 is 29.1 Å². The van der Waals surface area contributed by atoms with E-state index in [2.05, 4.69) is 15.2 Å². The molecule has 0 radical (unpaired) electrons. The van der Waals surface area contributed by atoms with Gasteiger partial charge in [0.2, 0.25) is 0 Å². The minimum atomic E-state index is -4.76. The first-order valence-electron chi connectivity index (χ1n) is 9.06. The highest BCUT2D eigenvalue weighted by Gasteiger charge is 2.35. The van der Waals surface area contributed by atoms with Crippen LogP contribution in [0.25, 0.3) is 16.9 Å². The Morgan fingerprint density at radius 2 is 1.75 bits per heavy atom. The van der Waals surface area contributed by atoms with Crippen LogP contribution in [0.15, 0.2) is 71.9 Å². The molecule has 0 aliphatic rings. The van der Waals surface area contributed by atoms with E-state index in [9.17, 15) is 18.0 Å². The van der Waals surface area contributed by atoms with E-state index in [1.807, 2.05) is 0 Å². The van der Waals surface area contributed by atoms with Crippen LogP contribution in [0.2, 0.25) is 5.02 Å². The zero-order valence-electron chi connectivity index (χ0n) is 16.0. The first kappa shape index (κ1) is 21.3. The predicted molar refractivity (Wildman–Crippen MR) is 111 cm³/mol. The van der Waals surface area contributed by atoms with Gasteiger partial charge < -0.3 is 10.6 Å². The van der Waals surface area contributed by atoms with E-state index in [1.54, 1.807) is 30.3 Å². The van der Waals surface area contributed by atoms with Crippen LogP contribution in [0, 0.1) is 0 Å². The van der Waals surface area contributed by atoms with Gasteiger partial charge in [-0.1, -0.05) is 59.2 Å². The van der Waals surface area contributed by atoms with Crippen molar-refractivity contribution in [3.63, 3.8) is 0 Å². The third kappa shape index (κ3) is 4.40. The van der Waals surface area contributed by atoms with Crippen LogP contribution in [0.5, 0.6) is 0 Å². The number of halogens is 4. The molecule has 7 nitrogen and oxygen atoms in total. The maximum Gasteiger partial charge on any atom is 0.433 e. The molecule has 0 saturated heterocycles. The summed E-state index contributed by atoms with van der Waals surface area (Å²) in [6.45, 7) is 0. The van der Waals surface area contributed by atoms with Gasteiger partial charge in [-0.25, -0.2) is 14.3 Å². The lowest BCUT2D eigenvalue weighted by atomic mass is 10.1. The minimum Gasteiger partial charge on any atom is -0.380 e. The maximum atomic E-state index is 13.7. The quantitative estimate of drug-likeness (QED) is 0.209. The molecule has 0 atom stereocenters. The molecule has 32 heavy (non-hydrogen) atoms. The lowest BCUT2D eigenvalue weighted by Crippen LogP contribution is -2.16. The van der Waals surface area contributed by atoms with Crippen molar-refractivity contribution < 1.29 is 22.8 Å². The van der Waals surface area contributed by atoms with Crippen LogP contribution in [-0.2, 0) is 11.0 Å². The Labute approximate surface area is 183 Å². The van der Waals surface area contributed by atoms with Gasteiger partial charge in [-0.15, -0.1) is 0 Å². The van der Waals surface area contributed by atoms with Gasteiger partial charge in [0.15, 0.2) is 22.9 Å².